The standard InChI is InChI=1S/C19H25N3O.HI/c1-14-6-4-8-17(10-14)18-9-5-7-16(11-18)12-21-19(20)22-15(2)13-23-3;/h4-11,15H,12-13H2,1-3H3,(H3,20,21,22);1H. The highest BCUT2D eigenvalue weighted by Gasteiger charge is 2.02. The molecule has 130 valence electrons. The number of benzene rings is 2. The maximum absolute atomic E-state index is 5.91. The SMILES string of the molecule is COCC(C)NC(N)=NCc1cccc(-c2cccc(C)c2)c1.I. The number of nitrogens with zero attached hydrogens (tertiary/aromatic N) is 1. The molecule has 0 saturated carbocycles. The molecule has 0 aromatic heterocycles. The highest BCUT2D eigenvalue weighted by Crippen LogP contribution is 2.21. The van der Waals surface area contributed by atoms with E-state index in [2.05, 4.69) is 65.8 Å². The van der Waals surface area contributed by atoms with E-state index < -0.39 is 0 Å². The lowest BCUT2D eigenvalue weighted by Crippen LogP contribution is -2.40. The van der Waals surface area contributed by atoms with E-state index in [0.717, 1.165) is 5.56 Å². The number of guanidine groups is 1. The molecule has 24 heavy (non-hydrogen) atoms. The molecule has 0 aliphatic rings. The minimum absolute atomic E-state index is 0. The van der Waals surface area contributed by atoms with Crippen molar-refractivity contribution in [1.82, 2.24) is 5.32 Å². The van der Waals surface area contributed by atoms with Gasteiger partial charge in [-0.3, -0.25) is 0 Å². The zero-order valence-corrected chi connectivity index (χ0v) is 16.8. The summed E-state index contributed by atoms with van der Waals surface area (Å²) in [6, 6.07) is 17.0. The normalized spacial score (nSPS) is 12.4. The number of aryl methyl sites for hydroxylation is 1. The van der Waals surface area contributed by atoms with Gasteiger partial charge in [0, 0.05) is 13.2 Å². The van der Waals surface area contributed by atoms with Crippen molar-refractivity contribution >= 4 is 29.9 Å². The predicted octanol–water partition coefficient (Wildman–Crippen LogP) is 3.72. The number of nitrogens with one attached hydrogen (secondary N) is 1. The molecule has 0 radical (unpaired) electrons. The van der Waals surface area contributed by atoms with Gasteiger partial charge in [0.2, 0.25) is 0 Å². The van der Waals surface area contributed by atoms with Gasteiger partial charge in [0.25, 0.3) is 0 Å². The molecule has 0 aliphatic heterocycles. The molecule has 0 amide bonds. The van der Waals surface area contributed by atoms with Crippen molar-refractivity contribution in [1.29, 1.82) is 0 Å². The first-order valence-electron chi connectivity index (χ1n) is 7.80. The first-order valence-corrected chi connectivity index (χ1v) is 7.80. The van der Waals surface area contributed by atoms with Crippen molar-refractivity contribution in [3.8, 4) is 11.1 Å². The van der Waals surface area contributed by atoms with E-state index in [1.807, 2.05) is 6.92 Å². The molecular weight excluding hydrogens is 413 g/mol. The molecule has 0 saturated heterocycles. The number of ether oxygens (including phenoxy) is 1. The third-order valence-electron chi connectivity index (χ3n) is 3.52. The van der Waals surface area contributed by atoms with Crippen molar-refractivity contribution in [2.24, 2.45) is 10.7 Å². The van der Waals surface area contributed by atoms with Crippen LogP contribution in [0, 0.1) is 6.92 Å². The number of halogens is 1. The number of hydrogen-bond acceptors (Lipinski definition) is 2. The lowest BCUT2D eigenvalue weighted by Gasteiger charge is -2.13. The summed E-state index contributed by atoms with van der Waals surface area (Å²) in [6.45, 7) is 5.26. The van der Waals surface area contributed by atoms with Gasteiger partial charge in [0.15, 0.2) is 5.96 Å². The van der Waals surface area contributed by atoms with Crippen LogP contribution >= 0.6 is 24.0 Å². The summed E-state index contributed by atoms with van der Waals surface area (Å²) in [6.07, 6.45) is 0. The minimum Gasteiger partial charge on any atom is -0.383 e. The Hall–Kier alpha value is -1.60. The van der Waals surface area contributed by atoms with E-state index in [9.17, 15) is 0 Å². The van der Waals surface area contributed by atoms with Gasteiger partial charge in [-0.1, -0.05) is 48.0 Å². The van der Waals surface area contributed by atoms with Crippen LogP contribution in [0.1, 0.15) is 18.1 Å². The first kappa shape index (κ1) is 20.4. The van der Waals surface area contributed by atoms with Crippen molar-refractivity contribution in [3.05, 3.63) is 59.7 Å². The summed E-state index contributed by atoms with van der Waals surface area (Å²) in [4.78, 5) is 4.40. The van der Waals surface area contributed by atoms with Gasteiger partial charge < -0.3 is 15.8 Å². The van der Waals surface area contributed by atoms with Crippen LogP contribution in [0.15, 0.2) is 53.5 Å². The van der Waals surface area contributed by atoms with Crippen LogP contribution < -0.4 is 11.1 Å². The zero-order chi connectivity index (χ0) is 16.7. The van der Waals surface area contributed by atoms with Crippen molar-refractivity contribution in [2.45, 2.75) is 26.4 Å². The highest BCUT2D eigenvalue weighted by molar-refractivity contribution is 14.0. The maximum atomic E-state index is 5.91. The average Bonchev–Trinajstić information content (AvgIpc) is 2.53. The molecule has 0 heterocycles. The average molecular weight is 439 g/mol. The van der Waals surface area contributed by atoms with Crippen molar-refractivity contribution in [3.63, 3.8) is 0 Å². The van der Waals surface area contributed by atoms with E-state index in [0.29, 0.717) is 19.1 Å². The Morgan fingerprint density at radius 1 is 1.17 bits per heavy atom. The number of hydrogen-bond donors (Lipinski definition) is 2. The van der Waals surface area contributed by atoms with Crippen LogP contribution in [0.4, 0.5) is 0 Å². The molecule has 2 aromatic carbocycles. The summed E-state index contributed by atoms with van der Waals surface area (Å²) in [7, 11) is 1.67. The zero-order valence-electron chi connectivity index (χ0n) is 14.5. The molecule has 5 heteroatoms. The Morgan fingerprint density at radius 2 is 1.83 bits per heavy atom. The van der Waals surface area contributed by atoms with E-state index in [1.165, 1.54) is 16.7 Å². The monoisotopic (exact) mass is 439 g/mol. The van der Waals surface area contributed by atoms with Gasteiger partial charge in [-0.05, 0) is 36.6 Å². The van der Waals surface area contributed by atoms with Crippen LogP contribution in [-0.2, 0) is 11.3 Å². The summed E-state index contributed by atoms with van der Waals surface area (Å²) in [5, 5.41) is 3.11. The molecule has 0 aliphatic carbocycles. The molecular formula is C19H26IN3O. The summed E-state index contributed by atoms with van der Waals surface area (Å²) < 4.78 is 5.07. The topological polar surface area (TPSA) is 59.6 Å². The molecule has 3 N–H and O–H groups in total. The first-order chi connectivity index (χ1) is 11.1. The van der Waals surface area contributed by atoms with Crippen LogP contribution in [-0.4, -0.2) is 25.7 Å². The Balaban J connectivity index is 0.00000288. The highest BCUT2D eigenvalue weighted by atomic mass is 127. The van der Waals surface area contributed by atoms with E-state index in [-0.39, 0.29) is 30.0 Å². The Kier molecular flexibility index (Phi) is 8.78. The van der Waals surface area contributed by atoms with Gasteiger partial charge in [-0.2, -0.15) is 0 Å². The van der Waals surface area contributed by atoms with E-state index >= 15 is 0 Å². The van der Waals surface area contributed by atoms with Gasteiger partial charge in [-0.15, -0.1) is 24.0 Å². The summed E-state index contributed by atoms with van der Waals surface area (Å²) in [5.74, 6) is 0.440. The van der Waals surface area contributed by atoms with Gasteiger partial charge in [-0.25, -0.2) is 4.99 Å². The molecule has 0 spiro atoms. The quantitative estimate of drug-likeness (QED) is 0.410. The largest absolute Gasteiger partial charge is 0.383 e. The predicted molar refractivity (Wildman–Crippen MR) is 112 cm³/mol. The fraction of sp³-hybridized carbons (Fsp3) is 0.316. The molecule has 1 atom stereocenters. The number of nitrogens with two attached hydrogens (primary N) is 1. The van der Waals surface area contributed by atoms with Crippen LogP contribution in [0.5, 0.6) is 0 Å². The van der Waals surface area contributed by atoms with E-state index in [4.69, 9.17) is 10.5 Å². The van der Waals surface area contributed by atoms with Gasteiger partial charge >= 0.3 is 0 Å². The molecule has 0 fully saturated rings. The van der Waals surface area contributed by atoms with Gasteiger partial charge in [0.05, 0.1) is 13.2 Å². The number of methoxy groups -OCH3 is 1. The van der Waals surface area contributed by atoms with Crippen LogP contribution in [0.3, 0.4) is 0 Å². The van der Waals surface area contributed by atoms with Gasteiger partial charge in [0.1, 0.15) is 0 Å². The number of aliphatic imine (C=N–C) groups is 1. The Bertz CT molecular complexity index is 673. The Labute approximate surface area is 161 Å². The fourth-order valence-electron chi connectivity index (χ4n) is 2.44. The summed E-state index contributed by atoms with van der Waals surface area (Å²) in [5.41, 5.74) is 10.7. The molecule has 1 unspecified atom stereocenters. The fourth-order valence-corrected chi connectivity index (χ4v) is 2.44. The molecule has 2 rings (SSSR count). The molecule has 2 aromatic rings. The van der Waals surface area contributed by atoms with E-state index in [1.54, 1.807) is 7.11 Å². The lowest BCUT2D eigenvalue weighted by atomic mass is 10.0. The lowest BCUT2D eigenvalue weighted by molar-refractivity contribution is 0.179. The second kappa shape index (κ2) is 10.3. The molecule has 0 bridgehead atoms. The van der Waals surface area contributed by atoms with Crippen molar-refractivity contribution in [2.75, 3.05) is 13.7 Å². The smallest absolute Gasteiger partial charge is 0.189 e. The summed E-state index contributed by atoms with van der Waals surface area (Å²) >= 11 is 0. The Morgan fingerprint density at radius 3 is 2.50 bits per heavy atom. The third-order valence-corrected chi connectivity index (χ3v) is 3.52. The van der Waals surface area contributed by atoms with Crippen molar-refractivity contribution < 1.29 is 4.74 Å². The second-order valence-electron chi connectivity index (χ2n) is 5.77. The third kappa shape index (κ3) is 6.49. The maximum Gasteiger partial charge on any atom is 0.189 e. The second-order valence-corrected chi connectivity index (χ2v) is 5.77. The molecule has 4 nitrogen and oxygen atoms in total. The number of rotatable bonds is 6. The van der Waals surface area contributed by atoms with Crippen LogP contribution in [0.2, 0.25) is 0 Å². The van der Waals surface area contributed by atoms with Crippen LogP contribution in [0.25, 0.3) is 11.1 Å². The minimum atomic E-state index is 0.